The third kappa shape index (κ3) is 6.42. The molecular weight excluding hydrogens is 641 g/mol. The molecule has 0 aromatic heterocycles. The first-order valence-electron chi connectivity index (χ1n) is 14.7. The summed E-state index contributed by atoms with van der Waals surface area (Å²) in [6.07, 6.45) is -0.698. The number of anilines is 3. The van der Waals surface area contributed by atoms with Crippen LogP contribution in [-0.2, 0) is 16.6 Å². The van der Waals surface area contributed by atoms with Gasteiger partial charge in [-0.05, 0) is 86.1 Å². The lowest BCUT2D eigenvalue weighted by molar-refractivity contribution is 0.0968. The lowest BCUT2D eigenvalue weighted by atomic mass is 9.99. The van der Waals surface area contributed by atoms with Crippen LogP contribution in [0.1, 0.15) is 40.1 Å². The summed E-state index contributed by atoms with van der Waals surface area (Å²) in [5, 5.41) is 0.860. The maximum absolute atomic E-state index is 14.6. The van der Waals surface area contributed by atoms with Gasteiger partial charge in [-0.2, -0.15) is 0 Å². The molecule has 234 valence electrons. The number of fused-ring (bicyclic) bond motifs is 1. The molecule has 1 N–H and O–H groups in total. The van der Waals surface area contributed by atoms with Gasteiger partial charge in [-0.25, -0.2) is 8.42 Å². The lowest BCUT2D eigenvalue weighted by Gasteiger charge is -2.46. The van der Waals surface area contributed by atoms with Crippen molar-refractivity contribution in [2.45, 2.75) is 31.5 Å². The molecule has 5 aromatic rings. The third-order valence-corrected chi connectivity index (χ3v) is 9.68. The second-order valence-electron chi connectivity index (χ2n) is 10.9. The molecule has 1 aliphatic heterocycles. The first-order chi connectivity index (χ1) is 22.1. The van der Waals surface area contributed by atoms with E-state index in [4.69, 9.17) is 27.9 Å². The fraction of sp³-hybridized carbons (Fsp3) is 0.139. The van der Waals surface area contributed by atoms with E-state index in [1.165, 1.54) is 12.1 Å². The van der Waals surface area contributed by atoms with Crippen molar-refractivity contribution in [3.05, 3.63) is 148 Å². The Morgan fingerprint density at radius 1 is 0.848 bits per heavy atom. The summed E-state index contributed by atoms with van der Waals surface area (Å²) in [6.45, 7) is 4.72. The molecule has 0 saturated carbocycles. The number of rotatable bonds is 9. The van der Waals surface area contributed by atoms with Crippen molar-refractivity contribution in [1.82, 2.24) is 0 Å². The maximum atomic E-state index is 14.6. The SMILES string of the molecule is CCOc1ccc(N2C(=O)c3cc(S(=O)(=O)Nc4ccc(C)cc4)ccc3N(Cc3ccccc3)[C@H]2c2ccc(Cl)cc2Cl)cc1. The first-order valence-corrected chi connectivity index (χ1v) is 16.9. The summed E-state index contributed by atoms with van der Waals surface area (Å²) in [6, 6.07) is 34.0. The Morgan fingerprint density at radius 3 is 2.24 bits per heavy atom. The molecule has 0 aliphatic carbocycles. The van der Waals surface area contributed by atoms with E-state index in [1.54, 1.807) is 47.4 Å². The molecule has 0 saturated heterocycles. The van der Waals surface area contributed by atoms with Gasteiger partial charge in [-0.1, -0.05) is 77.3 Å². The van der Waals surface area contributed by atoms with Crippen molar-refractivity contribution in [2.24, 2.45) is 0 Å². The summed E-state index contributed by atoms with van der Waals surface area (Å²) in [4.78, 5) is 18.3. The van der Waals surface area contributed by atoms with Crippen molar-refractivity contribution in [3.8, 4) is 5.75 Å². The highest BCUT2D eigenvalue weighted by Crippen LogP contribution is 2.45. The van der Waals surface area contributed by atoms with Crippen LogP contribution in [-0.4, -0.2) is 20.9 Å². The standard InChI is InChI=1S/C36H31Cl2N3O4S/c1-3-45-29-16-14-28(15-17-29)41-35(31-19-11-26(37)21-33(31)38)40(23-25-7-5-4-6-8-25)34-20-18-30(22-32(34)36(41)42)46(43,44)39-27-12-9-24(2)10-13-27/h4-22,35,39H,3,23H2,1-2H3/t35-/m1/s1. The van der Waals surface area contributed by atoms with Gasteiger partial charge in [0.2, 0.25) is 0 Å². The molecule has 0 unspecified atom stereocenters. The van der Waals surface area contributed by atoms with Crippen molar-refractivity contribution >= 4 is 56.2 Å². The van der Waals surface area contributed by atoms with E-state index in [1.807, 2.05) is 74.5 Å². The maximum Gasteiger partial charge on any atom is 0.262 e. The summed E-state index contributed by atoms with van der Waals surface area (Å²) in [5.74, 6) is 0.278. The molecule has 0 radical (unpaired) electrons. The summed E-state index contributed by atoms with van der Waals surface area (Å²) < 4.78 is 35.4. The number of aryl methyl sites for hydroxylation is 1. The zero-order chi connectivity index (χ0) is 32.4. The molecule has 46 heavy (non-hydrogen) atoms. The third-order valence-electron chi connectivity index (χ3n) is 7.74. The number of nitrogens with one attached hydrogen (secondary N) is 1. The number of carbonyl (C=O) groups excluding carboxylic acids is 1. The van der Waals surface area contributed by atoms with Crippen molar-refractivity contribution < 1.29 is 17.9 Å². The molecule has 10 heteroatoms. The minimum atomic E-state index is -4.02. The monoisotopic (exact) mass is 671 g/mol. The number of ether oxygens (including phenoxy) is 1. The molecule has 6 rings (SSSR count). The molecule has 7 nitrogen and oxygen atoms in total. The lowest BCUT2D eigenvalue weighted by Crippen LogP contribution is -2.49. The Hall–Kier alpha value is -4.50. The van der Waals surface area contributed by atoms with E-state index in [-0.39, 0.29) is 16.4 Å². The zero-order valence-electron chi connectivity index (χ0n) is 25.2. The molecule has 1 atom stereocenters. The van der Waals surface area contributed by atoms with E-state index in [9.17, 15) is 13.2 Å². The largest absolute Gasteiger partial charge is 0.494 e. The number of hydrogen-bond donors (Lipinski definition) is 1. The number of nitrogens with zero attached hydrogens (tertiary/aromatic N) is 2. The summed E-state index contributed by atoms with van der Waals surface area (Å²) >= 11 is 13.1. The summed E-state index contributed by atoms with van der Waals surface area (Å²) in [7, 11) is -4.02. The average molecular weight is 673 g/mol. The Balaban J connectivity index is 1.53. The van der Waals surface area contributed by atoms with Crippen LogP contribution in [0.2, 0.25) is 10.0 Å². The molecule has 0 spiro atoms. The van der Waals surface area contributed by atoms with E-state index in [0.717, 1.165) is 11.1 Å². The van der Waals surface area contributed by atoms with Gasteiger partial charge in [0.1, 0.15) is 11.9 Å². The van der Waals surface area contributed by atoms with E-state index in [0.29, 0.717) is 51.6 Å². The van der Waals surface area contributed by atoms with Crippen LogP contribution in [0.25, 0.3) is 0 Å². The van der Waals surface area contributed by atoms with Crippen molar-refractivity contribution in [3.63, 3.8) is 0 Å². The Morgan fingerprint density at radius 2 is 1.57 bits per heavy atom. The van der Waals surface area contributed by atoms with Crippen LogP contribution in [0, 0.1) is 6.92 Å². The zero-order valence-corrected chi connectivity index (χ0v) is 27.5. The van der Waals surface area contributed by atoms with Gasteiger partial charge in [0, 0.05) is 33.5 Å². The minimum Gasteiger partial charge on any atom is -0.494 e. The van der Waals surface area contributed by atoms with Gasteiger partial charge in [-0.3, -0.25) is 14.4 Å². The number of amides is 1. The van der Waals surface area contributed by atoms with Gasteiger partial charge in [0.05, 0.1) is 22.8 Å². The molecular formula is C36H31Cl2N3O4S. The van der Waals surface area contributed by atoms with E-state index >= 15 is 0 Å². The predicted octanol–water partition coefficient (Wildman–Crippen LogP) is 8.87. The number of halogens is 2. The van der Waals surface area contributed by atoms with Crippen LogP contribution < -0.4 is 19.3 Å². The Labute approximate surface area is 279 Å². The molecule has 1 heterocycles. The normalized spacial score (nSPS) is 14.6. The predicted molar refractivity (Wildman–Crippen MR) is 185 cm³/mol. The fourth-order valence-corrected chi connectivity index (χ4v) is 7.14. The first kappa shape index (κ1) is 31.5. The topological polar surface area (TPSA) is 78.9 Å². The molecule has 1 amide bonds. The summed E-state index contributed by atoms with van der Waals surface area (Å²) in [5.41, 5.74) is 4.47. The smallest absolute Gasteiger partial charge is 0.262 e. The van der Waals surface area contributed by atoms with Gasteiger partial charge in [0.25, 0.3) is 15.9 Å². The van der Waals surface area contributed by atoms with Gasteiger partial charge >= 0.3 is 0 Å². The van der Waals surface area contributed by atoms with Crippen LogP contribution in [0.5, 0.6) is 5.75 Å². The highest BCUT2D eigenvalue weighted by Gasteiger charge is 2.41. The second kappa shape index (κ2) is 13.1. The Kier molecular flexibility index (Phi) is 8.95. The molecule has 0 fully saturated rings. The molecule has 1 aliphatic rings. The number of benzene rings is 5. The number of hydrogen-bond acceptors (Lipinski definition) is 5. The fourth-order valence-electron chi connectivity index (χ4n) is 5.55. The highest BCUT2D eigenvalue weighted by atomic mass is 35.5. The number of sulfonamides is 1. The van der Waals surface area contributed by atoms with Crippen LogP contribution >= 0.6 is 23.2 Å². The van der Waals surface area contributed by atoms with E-state index < -0.39 is 16.2 Å². The highest BCUT2D eigenvalue weighted by molar-refractivity contribution is 7.92. The second-order valence-corrected chi connectivity index (χ2v) is 13.4. The minimum absolute atomic E-state index is 0.0329. The van der Waals surface area contributed by atoms with Gasteiger partial charge in [-0.15, -0.1) is 0 Å². The molecule has 0 bridgehead atoms. The quantitative estimate of drug-likeness (QED) is 0.169. The van der Waals surface area contributed by atoms with Crippen LogP contribution in [0.3, 0.4) is 0 Å². The average Bonchev–Trinajstić information content (AvgIpc) is 3.04. The number of carbonyl (C=O) groups is 1. The van der Waals surface area contributed by atoms with E-state index in [2.05, 4.69) is 9.62 Å². The van der Waals surface area contributed by atoms with Crippen molar-refractivity contribution in [1.29, 1.82) is 0 Å². The Bertz CT molecular complexity index is 1990. The molecule has 5 aromatic carbocycles. The van der Waals surface area contributed by atoms with Gasteiger partial charge in [0.15, 0.2) is 0 Å². The van der Waals surface area contributed by atoms with Crippen LogP contribution in [0.15, 0.2) is 120 Å². The van der Waals surface area contributed by atoms with Crippen molar-refractivity contribution in [2.75, 3.05) is 21.1 Å². The van der Waals surface area contributed by atoms with Gasteiger partial charge < -0.3 is 9.64 Å². The van der Waals surface area contributed by atoms with Crippen LogP contribution in [0.4, 0.5) is 17.1 Å².